The minimum atomic E-state index is -1.50. The normalized spacial score (nSPS) is 17.9. The highest BCUT2D eigenvalue weighted by Gasteiger charge is 2.25. The van der Waals surface area contributed by atoms with Crippen LogP contribution in [0.3, 0.4) is 0 Å². The Morgan fingerprint density at radius 1 is 1.38 bits per heavy atom. The summed E-state index contributed by atoms with van der Waals surface area (Å²) in [5.41, 5.74) is 1.27. The molecule has 2 heterocycles. The van der Waals surface area contributed by atoms with Gasteiger partial charge in [-0.3, -0.25) is 0 Å². The van der Waals surface area contributed by atoms with Gasteiger partial charge in [-0.2, -0.15) is 5.26 Å². The van der Waals surface area contributed by atoms with Crippen molar-refractivity contribution in [3.8, 4) is 6.07 Å². The van der Waals surface area contributed by atoms with Crippen LogP contribution in [-0.2, 0) is 10.8 Å². The second-order valence-corrected chi connectivity index (χ2v) is 4.50. The smallest absolute Gasteiger partial charge is 0.210 e. The van der Waals surface area contributed by atoms with Crippen molar-refractivity contribution in [3.63, 3.8) is 0 Å². The summed E-state index contributed by atoms with van der Waals surface area (Å²) >= 11 is 0. The van der Waals surface area contributed by atoms with E-state index in [4.69, 9.17) is 5.26 Å². The molecule has 16 heavy (non-hydrogen) atoms. The largest absolute Gasteiger partial charge is 0.247 e. The second-order valence-electron chi connectivity index (χ2n) is 3.17. The zero-order valence-electron chi connectivity index (χ0n) is 7.91. The minimum Gasteiger partial charge on any atom is -0.247 e. The Bertz CT molecular complexity index is 702. The van der Waals surface area contributed by atoms with Crippen LogP contribution in [0, 0.1) is 11.3 Å². The van der Waals surface area contributed by atoms with E-state index in [-0.39, 0.29) is 5.04 Å². The molecule has 2 aromatic rings. The quantitative estimate of drug-likeness (QED) is 0.680. The Hall–Kier alpha value is -2.13. The van der Waals surface area contributed by atoms with Crippen LogP contribution in [0.5, 0.6) is 0 Å². The highest BCUT2D eigenvalue weighted by Crippen LogP contribution is 2.35. The van der Waals surface area contributed by atoms with Crippen LogP contribution in [0.1, 0.15) is 0 Å². The van der Waals surface area contributed by atoms with Crippen molar-refractivity contribution in [3.05, 3.63) is 24.7 Å². The van der Waals surface area contributed by atoms with Gasteiger partial charge in [-0.1, -0.05) is 0 Å². The van der Waals surface area contributed by atoms with Crippen molar-refractivity contribution in [1.82, 2.24) is 9.97 Å². The van der Waals surface area contributed by atoms with Crippen molar-refractivity contribution >= 4 is 32.4 Å². The molecule has 0 aliphatic carbocycles. The predicted molar refractivity (Wildman–Crippen MR) is 58.7 cm³/mol. The van der Waals surface area contributed by atoms with Crippen LogP contribution in [0.25, 0.3) is 10.9 Å². The number of rotatable bonds is 0. The van der Waals surface area contributed by atoms with Gasteiger partial charge >= 0.3 is 0 Å². The van der Waals surface area contributed by atoms with Crippen LogP contribution in [0.2, 0.25) is 0 Å². The zero-order valence-corrected chi connectivity index (χ0v) is 8.73. The number of benzene rings is 1. The maximum atomic E-state index is 11.9. The van der Waals surface area contributed by atoms with Gasteiger partial charge in [-0.25, -0.2) is 19.2 Å². The molecular formula is C10H4N4OS. The van der Waals surface area contributed by atoms with E-state index in [0.29, 0.717) is 21.5 Å². The number of nitrogens with zero attached hydrogens (tertiary/aromatic N) is 4. The van der Waals surface area contributed by atoms with E-state index in [1.165, 1.54) is 6.33 Å². The first-order valence-corrected chi connectivity index (χ1v) is 5.59. The summed E-state index contributed by atoms with van der Waals surface area (Å²) in [7, 11) is -1.50. The topological polar surface area (TPSA) is 79.0 Å². The van der Waals surface area contributed by atoms with E-state index in [1.54, 1.807) is 18.3 Å². The zero-order chi connectivity index (χ0) is 11.1. The van der Waals surface area contributed by atoms with Gasteiger partial charge in [0.05, 0.1) is 16.1 Å². The number of hydrogen-bond donors (Lipinski definition) is 0. The van der Waals surface area contributed by atoms with Gasteiger partial charge in [0.2, 0.25) is 5.04 Å². The first-order valence-electron chi connectivity index (χ1n) is 4.44. The first kappa shape index (κ1) is 9.12. The average Bonchev–Trinajstić information content (AvgIpc) is 2.66. The third-order valence-corrected chi connectivity index (χ3v) is 3.63. The summed E-state index contributed by atoms with van der Waals surface area (Å²) in [6, 6.07) is 5.32. The SMILES string of the molecule is N#CC1=Nc2ccc3ncncc3c2S1=O. The number of aromatic nitrogens is 2. The van der Waals surface area contributed by atoms with Crippen LogP contribution in [-0.4, -0.2) is 19.2 Å². The van der Waals surface area contributed by atoms with Crippen molar-refractivity contribution in [2.45, 2.75) is 4.90 Å². The molecular weight excluding hydrogens is 224 g/mol. The third kappa shape index (κ3) is 1.09. The molecule has 0 N–H and O–H groups in total. The number of fused-ring (bicyclic) bond motifs is 3. The molecule has 6 heteroatoms. The van der Waals surface area contributed by atoms with E-state index >= 15 is 0 Å². The molecule has 1 aromatic carbocycles. The maximum absolute atomic E-state index is 11.9. The summed E-state index contributed by atoms with van der Waals surface area (Å²) in [5, 5.41) is 9.50. The fraction of sp³-hybridized carbons (Fsp3) is 0. The van der Waals surface area contributed by atoms with Gasteiger partial charge in [-0.15, -0.1) is 0 Å². The van der Waals surface area contributed by atoms with Crippen LogP contribution < -0.4 is 0 Å². The molecule has 1 aromatic heterocycles. The van der Waals surface area contributed by atoms with E-state index < -0.39 is 10.8 Å². The predicted octanol–water partition coefficient (Wildman–Crippen LogP) is 1.30. The maximum Gasteiger partial charge on any atom is 0.210 e. The molecule has 0 spiro atoms. The summed E-state index contributed by atoms with van der Waals surface area (Å²) in [6.45, 7) is 0. The molecule has 0 fully saturated rings. The monoisotopic (exact) mass is 228 g/mol. The van der Waals surface area contributed by atoms with Crippen molar-refractivity contribution in [1.29, 1.82) is 5.26 Å². The molecule has 0 amide bonds. The lowest BCUT2D eigenvalue weighted by Gasteiger charge is -2.00. The molecule has 3 rings (SSSR count). The first-order chi connectivity index (χ1) is 7.81. The van der Waals surface area contributed by atoms with Crippen LogP contribution >= 0.6 is 0 Å². The van der Waals surface area contributed by atoms with Crippen molar-refractivity contribution < 1.29 is 4.21 Å². The molecule has 1 aliphatic rings. The number of nitriles is 1. The lowest BCUT2D eigenvalue weighted by Crippen LogP contribution is -1.99. The number of hydrogen-bond acceptors (Lipinski definition) is 5. The van der Waals surface area contributed by atoms with Gasteiger partial charge in [0.25, 0.3) is 0 Å². The second kappa shape index (κ2) is 3.18. The van der Waals surface area contributed by atoms with E-state index in [9.17, 15) is 4.21 Å². The Kier molecular flexibility index (Phi) is 1.81. The van der Waals surface area contributed by atoms with E-state index in [0.717, 1.165) is 0 Å². The Morgan fingerprint density at radius 3 is 3.06 bits per heavy atom. The van der Waals surface area contributed by atoms with Gasteiger partial charge in [0, 0.05) is 11.6 Å². The molecule has 0 saturated carbocycles. The lowest BCUT2D eigenvalue weighted by molar-refractivity contribution is 0.691. The Balaban J connectivity index is 2.40. The van der Waals surface area contributed by atoms with Crippen LogP contribution in [0.15, 0.2) is 34.5 Å². The highest BCUT2D eigenvalue weighted by atomic mass is 32.2. The Morgan fingerprint density at radius 2 is 2.25 bits per heavy atom. The Labute approximate surface area is 92.9 Å². The van der Waals surface area contributed by atoms with Crippen molar-refractivity contribution in [2.24, 2.45) is 4.99 Å². The van der Waals surface area contributed by atoms with Crippen molar-refractivity contribution in [2.75, 3.05) is 0 Å². The molecule has 1 aliphatic heterocycles. The molecule has 1 atom stereocenters. The molecule has 0 saturated heterocycles. The third-order valence-electron chi connectivity index (χ3n) is 2.30. The lowest BCUT2D eigenvalue weighted by atomic mass is 10.2. The summed E-state index contributed by atoms with van der Waals surface area (Å²) < 4.78 is 11.9. The van der Waals surface area contributed by atoms with E-state index in [1.807, 2.05) is 6.07 Å². The summed E-state index contributed by atoms with van der Waals surface area (Å²) in [6.07, 6.45) is 3.02. The minimum absolute atomic E-state index is 0.0337. The fourth-order valence-corrected chi connectivity index (χ4v) is 2.73. The van der Waals surface area contributed by atoms with Gasteiger partial charge in [0.1, 0.15) is 23.2 Å². The number of aliphatic imine (C=N–C) groups is 1. The fourth-order valence-electron chi connectivity index (χ4n) is 1.62. The van der Waals surface area contributed by atoms with Crippen LogP contribution in [0.4, 0.5) is 5.69 Å². The van der Waals surface area contributed by atoms with E-state index in [2.05, 4.69) is 15.0 Å². The summed E-state index contributed by atoms with van der Waals surface area (Å²) in [5.74, 6) is 0. The molecule has 0 bridgehead atoms. The summed E-state index contributed by atoms with van der Waals surface area (Å²) in [4.78, 5) is 12.5. The molecule has 5 nitrogen and oxygen atoms in total. The van der Waals surface area contributed by atoms with Gasteiger partial charge in [0.15, 0.2) is 0 Å². The molecule has 76 valence electrons. The van der Waals surface area contributed by atoms with Gasteiger partial charge in [-0.05, 0) is 12.1 Å². The molecule has 1 unspecified atom stereocenters. The average molecular weight is 228 g/mol. The molecule has 0 radical (unpaired) electrons. The standard InChI is InChI=1S/C10H4N4OS/c11-3-9-14-8-2-1-7-6(4-12-5-13-7)10(8)16(9)15/h1-2,4-5H. The highest BCUT2D eigenvalue weighted by molar-refractivity contribution is 8.02. The van der Waals surface area contributed by atoms with Gasteiger partial charge < -0.3 is 0 Å².